The van der Waals surface area contributed by atoms with Crippen molar-refractivity contribution in [3.05, 3.63) is 50.6 Å². The van der Waals surface area contributed by atoms with E-state index in [2.05, 4.69) is 25.2 Å². The van der Waals surface area contributed by atoms with E-state index in [1.165, 1.54) is 18.2 Å². The van der Waals surface area contributed by atoms with Crippen LogP contribution in [-0.4, -0.2) is 35.3 Å². The zero-order valence-corrected chi connectivity index (χ0v) is 14.9. The Kier molecular flexibility index (Phi) is 7.17. The van der Waals surface area contributed by atoms with Gasteiger partial charge in [0.05, 0.1) is 19.2 Å². The number of hydrazone groups is 1. The number of nitrogens with zero attached hydrogens (tertiary/aromatic N) is 1. The summed E-state index contributed by atoms with van der Waals surface area (Å²) in [6.07, 6.45) is 0.975. The van der Waals surface area contributed by atoms with Gasteiger partial charge in [0.25, 0.3) is 5.56 Å². The van der Waals surface area contributed by atoms with Crippen molar-refractivity contribution in [3.63, 3.8) is 0 Å². The maximum absolute atomic E-state index is 12.6. The zero-order chi connectivity index (χ0) is 19.8. The molecule has 0 radical (unpaired) electrons. The highest BCUT2D eigenvalue weighted by molar-refractivity contribution is 7.71. The molecule has 0 aliphatic carbocycles. The minimum absolute atomic E-state index is 0.0929. The van der Waals surface area contributed by atoms with Crippen LogP contribution in [0.25, 0.3) is 0 Å². The Morgan fingerprint density at radius 2 is 2.19 bits per heavy atom. The lowest BCUT2D eigenvalue weighted by Crippen LogP contribution is -2.22. The number of hydrogen-bond donors (Lipinski definition) is 3. The highest BCUT2D eigenvalue weighted by Gasteiger charge is 2.14. The molecule has 8 nitrogen and oxygen atoms in total. The van der Waals surface area contributed by atoms with Crippen molar-refractivity contribution < 1.29 is 23.0 Å². The van der Waals surface area contributed by atoms with Gasteiger partial charge in [-0.25, -0.2) is 5.43 Å². The first kappa shape index (κ1) is 20.2. The molecule has 3 N–H and O–H groups in total. The Morgan fingerprint density at radius 3 is 2.85 bits per heavy atom. The average Bonchev–Trinajstić information content (AvgIpc) is 2.56. The van der Waals surface area contributed by atoms with E-state index in [0.29, 0.717) is 5.69 Å². The van der Waals surface area contributed by atoms with E-state index in [1.54, 1.807) is 13.0 Å². The predicted octanol–water partition coefficient (Wildman–Crippen LogP) is 2.13. The van der Waals surface area contributed by atoms with Crippen molar-refractivity contribution in [2.45, 2.75) is 20.0 Å². The van der Waals surface area contributed by atoms with Gasteiger partial charge in [-0.1, -0.05) is 6.07 Å². The van der Waals surface area contributed by atoms with Crippen molar-refractivity contribution >= 4 is 24.3 Å². The van der Waals surface area contributed by atoms with Crippen LogP contribution in [0.2, 0.25) is 0 Å². The van der Waals surface area contributed by atoms with E-state index in [-0.39, 0.29) is 34.9 Å². The number of nitrogens with one attached hydrogen (secondary N) is 3. The number of halogens is 2. The number of carbonyl (C=O) groups excluding carboxylic acids is 1. The summed E-state index contributed by atoms with van der Waals surface area (Å²) in [5.74, 6) is -0.602. The number of rotatable bonds is 8. The second kappa shape index (κ2) is 9.57. The first-order chi connectivity index (χ1) is 12.9. The van der Waals surface area contributed by atoms with Crippen molar-refractivity contribution in [3.8, 4) is 11.5 Å². The molecule has 1 aromatic heterocycles. The lowest BCUT2D eigenvalue weighted by Gasteiger charge is -2.13. The molecule has 0 aliphatic rings. The fourth-order valence-electron chi connectivity index (χ4n) is 2.12. The standard InChI is InChI=1S/C16H16F2N4O4S/c1-2-25-11-5-3-4-9(14(11)26-15(17)18)8-19-22-13(24)7-10-6-12(23)21-16(27)20-10/h3-6,8,15H,2,7H2,1H3,(H,22,24)(H2,20,21,23,27)/b19-8-. The van der Waals surface area contributed by atoms with E-state index in [0.717, 1.165) is 6.21 Å². The molecule has 0 spiro atoms. The lowest BCUT2D eigenvalue weighted by molar-refractivity contribution is -0.120. The molecule has 2 aromatic rings. The van der Waals surface area contributed by atoms with Crippen LogP contribution < -0.4 is 20.5 Å². The van der Waals surface area contributed by atoms with Crippen molar-refractivity contribution in [1.82, 2.24) is 15.4 Å². The number of benzene rings is 1. The van der Waals surface area contributed by atoms with Gasteiger partial charge >= 0.3 is 6.61 Å². The largest absolute Gasteiger partial charge is 0.490 e. The van der Waals surface area contributed by atoms with Gasteiger partial charge in [-0.15, -0.1) is 0 Å². The Bertz CT molecular complexity index is 914. The average molecular weight is 398 g/mol. The molecule has 0 atom stereocenters. The summed E-state index contributed by atoms with van der Waals surface area (Å²) >= 11 is 4.81. The minimum Gasteiger partial charge on any atom is -0.490 e. The second-order valence-corrected chi connectivity index (χ2v) is 5.48. The Hall–Kier alpha value is -3.08. The third kappa shape index (κ3) is 6.29. The van der Waals surface area contributed by atoms with Crippen LogP contribution in [0.5, 0.6) is 11.5 Å². The van der Waals surface area contributed by atoms with Crippen LogP contribution in [0.1, 0.15) is 18.2 Å². The second-order valence-electron chi connectivity index (χ2n) is 5.07. The summed E-state index contributed by atoms with van der Waals surface area (Å²) in [6, 6.07) is 5.72. The first-order valence-corrected chi connectivity index (χ1v) is 8.15. The normalized spacial score (nSPS) is 11.0. The quantitative estimate of drug-likeness (QED) is 0.359. The van der Waals surface area contributed by atoms with Gasteiger partial charge in [-0.2, -0.15) is 13.9 Å². The maximum atomic E-state index is 12.6. The third-order valence-corrected chi connectivity index (χ3v) is 3.28. The van der Waals surface area contributed by atoms with Crippen LogP contribution in [0, 0.1) is 4.77 Å². The minimum atomic E-state index is -3.05. The summed E-state index contributed by atoms with van der Waals surface area (Å²) < 4.78 is 35.1. The fraction of sp³-hybridized carbons (Fsp3) is 0.250. The molecule has 11 heteroatoms. The zero-order valence-electron chi connectivity index (χ0n) is 14.1. The Balaban J connectivity index is 2.10. The summed E-state index contributed by atoms with van der Waals surface area (Å²) in [5.41, 5.74) is 2.29. The van der Waals surface area contributed by atoms with Crippen LogP contribution >= 0.6 is 12.2 Å². The molecule has 1 aromatic carbocycles. The van der Waals surface area contributed by atoms with Crippen LogP contribution in [0.15, 0.2) is 34.2 Å². The molecular weight excluding hydrogens is 382 g/mol. The van der Waals surface area contributed by atoms with Crippen LogP contribution in [0.3, 0.4) is 0 Å². The molecule has 0 saturated heterocycles. The molecule has 0 aliphatic heterocycles. The highest BCUT2D eigenvalue weighted by atomic mass is 32.1. The maximum Gasteiger partial charge on any atom is 0.387 e. The number of alkyl halides is 2. The topological polar surface area (TPSA) is 109 Å². The van der Waals surface area contributed by atoms with E-state index in [1.807, 2.05) is 0 Å². The van der Waals surface area contributed by atoms with E-state index in [9.17, 15) is 18.4 Å². The molecule has 0 saturated carbocycles. The first-order valence-electron chi connectivity index (χ1n) is 7.74. The van der Waals surface area contributed by atoms with Gasteiger partial charge in [0, 0.05) is 17.3 Å². The fourth-order valence-corrected chi connectivity index (χ4v) is 2.35. The number of ether oxygens (including phenoxy) is 2. The van der Waals surface area contributed by atoms with Gasteiger partial charge in [0.2, 0.25) is 5.91 Å². The van der Waals surface area contributed by atoms with Gasteiger partial charge in [0.15, 0.2) is 16.3 Å². The number of para-hydroxylation sites is 1. The monoisotopic (exact) mass is 398 g/mol. The van der Waals surface area contributed by atoms with Crippen LogP contribution in [-0.2, 0) is 11.2 Å². The van der Waals surface area contributed by atoms with Crippen molar-refractivity contribution in [1.29, 1.82) is 0 Å². The summed E-state index contributed by atoms with van der Waals surface area (Å²) in [4.78, 5) is 28.2. The van der Waals surface area contributed by atoms with E-state index in [4.69, 9.17) is 17.0 Å². The molecule has 0 fully saturated rings. The predicted molar refractivity (Wildman–Crippen MR) is 95.9 cm³/mol. The molecule has 144 valence electrons. The van der Waals surface area contributed by atoms with E-state index >= 15 is 0 Å². The van der Waals surface area contributed by atoms with Gasteiger partial charge < -0.3 is 14.5 Å². The lowest BCUT2D eigenvalue weighted by atomic mass is 10.2. The number of carbonyl (C=O) groups is 1. The highest BCUT2D eigenvalue weighted by Crippen LogP contribution is 2.31. The van der Waals surface area contributed by atoms with Crippen molar-refractivity contribution in [2.24, 2.45) is 5.10 Å². The van der Waals surface area contributed by atoms with Gasteiger partial charge in [-0.3, -0.25) is 14.6 Å². The summed E-state index contributed by atoms with van der Waals surface area (Å²) in [5, 5.41) is 3.72. The molecule has 2 rings (SSSR count). The smallest absolute Gasteiger partial charge is 0.387 e. The number of hydrogen-bond acceptors (Lipinski definition) is 6. The Labute approximate surface area is 157 Å². The number of aromatic amines is 2. The van der Waals surface area contributed by atoms with Crippen LogP contribution in [0.4, 0.5) is 8.78 Å². The molecule has 0 bridgehead atoms. The SMILES string of the molecule is CCOc1cccc(/C=N\NC(=O)Cc2cc(=O)[nH]c(=S)[nH]2)c1OC(F)F. The number of amides is 1. The molecule has 0 unspecified atom stereocenters. The van der Waals surface area contributed by atoms with Gasteiger partial charge in [-0.05, 0) is 31.3 Å². The molecule has 1 heterocycles. The third-order valence-electron chi connectivity index (χ3n) is 3.08. The summed E-state index contributed by atoms with van der Waals surface area (Å²) in [6.45, 7) is -1.09. The van der Waals surface area contributed by atoms with Gasteiger partial charge in [0.1, 0.15) is 0 Å². The molecule has 1 amide bonds. The summed E-state index contributed by atoms with van der Waals surface area (Å²) in [7, 11) is 0. The van der Waals surface area contributed by atoms with E-state index < -0.39 is 18.1 Å². The molecular formula is C16H16F2N4O4S. The number of H-pyrrole nitrogens is 2. The number of aromatic nitrogens is 2. The molecule has 27 heavy (non-hydrogen) atoms. The Morgan fingerprint density at radius 1 is 1.41 bits per heavy atom. The van der Waals surface area contributed by atoms with Crippen molar-refractivity contribution in [2.75, 3.05) is 6.61 Å².